The number of urea groups is 1. The Morgan fingerprint density at radius 2 is 1.59 bits per heavy atom. The fraction of sp³-hybridized carbons (Fsp3) is 0.130. The number of amides is 2. The lowest BCUT2D eigenvalue weighted by Crippen LogP contribution is -2.27. The van der Waals surface area contributed by atoms with Crippen LogP contribution in [0.2, 0.25) is 5.02 Å². The highest BCUT2D eigenvalue weighted by Crippen LogP contribution is 2.47. The number of carbonyl (C=O) groups is 1. The molecule has 0 bridgehead atoms. The molecule has 1 N–H and O–H groups in total. The van der Waals surface area contributed by atoms with Crippen molar-refractivity contribution in [2.24, 2.45) is 4.99 Å². The van der Waals surface area contributed by atoms with Crippen molar-refractivity contribution in [1.29, 1.82) is 0 Å². The first-order chi connectivity index (χ1) is 14.2. The maximum absolute atomic E-state index is 12.0. The summed E-state index contributed by atoms with van der Waals surface area (Å²) in [6.45, 7) is 1.36. The Balaban J connectivity index is 1.35. The molecule has 1 heterocycles. The van der Waals surface area contributed by atoms with Crippen molar-refractivity contribution in [2.75, 3.05) is 18.0 Å². The molecule has 29 heavy (non-hydrogen) atoms. The number of benzene rings is 3. The van der Waals surface area contributed by atoms with Crippen LogP contribution in [0.3, 0.4) is 0 Å². The van der Waals surface area contributed by atoms with Crippen LogP contribution in [0.1, 0.15) is 12.0 Å². The molecule has 0 atom stereocenters. The van der Waals surface area contributed by atoms with Crippen molar-refractivity contribution >= 4 is 47.0 Å². The normalized spacial score (nSPS) is 12.5. The van der Waals surface area contributed by atoms with E-state index in [1.807, 2.05) is 18.2 Å². The lowest BCUT2D eigenvalue weighted by Gasteiger charge is -2.32. The van der Waals surface area contributed by atoms with Gasteiger partial charge in [0.15, 0.2) is 0 Å². The van der Waals surface area contributed by atoms with E-state index < -0.39 is 0 Å². The Hall–Kier alpha value is -2.76. The quantitative estimate of drug-likeness (QED) is 0.396. The third-order valence-electron chi connectivity index (χ3n) is 4.59. The second-order valence-electron chi connectivity index (χ2n) is 6.55. The Kier molecular flexibility index (Phi) is 6.17. The number of halogens is 1. The van der Waals surface area contributed by atoms with Gasteiger partial charge in [-0.25, -0.2) is 9.79 Å². The Morgan fingerprint density at radius 3 is 2.28 bits per heavy atom. The van der Waals surface area contributed by atoms with E-state index in [1.165, 1.54) is 27.4 Å². The van der Waals surface area contributed by atoms with Gasteiger partial charge in [0.25, 0.3) is 0 Å². The summed E-state index contributed by atoms with van der Waals surface area (Å²) in [7, 11) is 0. The van der Waals surface area contributed by atoms with E-state index in [2.05, 4.69) is 63.7 Å². The van der Waals surface area contributed by atoms with Gasteiger partial charge >= 0.3 is 6.03 Å². The van der Waals surface area contributed by atoms with Crippen LogP contribution in [0, 0.1) is 0 Å². The van der Waals surface area contributed by atoms with E-state index in [1.54, 1.807) is 17.8 Å². The van der Waals surface area contributed by atoms with E-state index in [4.69, 9.17) is 11.6 Å². The van der Waals surface area contributed by atoms with Crippen molar-refractivity contribution in [3.63, 3.8) is 0 Å². The number of hydrogen-bond acceptors (Lipinski definition) is 3. The highest BCUT2D eigenvalue weighted by atomic mass is 35.5. The highest BCUT2D eigenvalue weighted by molar-refractivity contribution is 7.99. The van der Waals surface area contributed by atoms with E-state index in [-0.39, 0.29) is 6.03 Å². The van der Waals surface area contributed by atoms with E-state index in [9.17, 15) is 4.79 Å². The average molecular weight is 422 g/mol. The van der Waals surface area contributed by atoms with Crippen molar-refractivity contribution in [2.45, 2.75) is 16.2 Å². The number of fused-ring (bicyclic) bond motifs is 2. The number of carbonyl (C=O) groups excluding carboxylic acids is 1. The van der Waals surface area contributed by atoms with Crippen molar-refractivity contribution < 1.29 is 4.79 Å². The molecule has 3 aromatic rings. The minimum Gasteiger partial charge on any atom is -0.340 e. The van der Waals surface area contributed by atoms with Crippen LogP contribution in [0.15, 0.2) is 87.6 Å². The summed E-state index contributed by atoms with van der Waals surface area (Å²) in [6, 6.07) is 23.8. The maximum Gasteiger partial charge on any atom is 0.340 e. The van der Waals surface area contributed by atoms with Gasteiger partial charge in [-0.05, 0) is 36.8 Å². The van der Waals surface area contributed by atoms with Crippen LogP contribution in [0.5, 0.6) is 0 Å². The molecule has 0 fully saturated rings. The predicted molar refractivity (Wildman–Crippen MR) is 121 cm³/mol. The second kappa shape index (κ2) is 9.16. The summed E-state index contributed by atoms with van der Waals surface area (Å²) < 4.78 is 0. The molecule has 0 saturated heterocycles. The van der Waals surface area contributed by atoms with Crippen LogP contribution >= 0.6 is 23.4 Å². The van der Waals surface area contributed by atoms with Crippen LogP contribution < -0.4 is 10.2 Å². The summed E-state index contributed by atoms with van der Waals surface area (Å²) in [5.74, 6) is 0. The molecule has 2 amide bonds. The molecule has 0 aliphatic carbocycles. The number of para-hydroxylation sites is 2. The lowest BCUT2D eigenvalue weighted by atomic mass is 10.2. The fourth-order valence-electron chi connectivity index (χ4n) is 3.21. The van der Waals surface area contributed by atoms with E-state index >= 15 is 0 Å². The molecule has 4 rings (SSSR count). The standard InChI is InChI=1S/C23H20ClN3OS/c24-18-9-2-1-8-17(18)16-26-23(28)25-14-7-15-27-19-10-3-5-12-21(19)29-22-13-6-4-11-20(22)27/h1-6,8-13,16H,7,14-15H2,(H,25,28)/b26-16+. The third kappa shape index (κ3) is 4.63. The molecule has 4 nitrogen and oxygen atoms in total. The second-order valence-corrected chi connectivity index (χ2v) is 8.05. The van der Waals surface area contributed by atoms with Gasteiger partial charge in [-0.3, -0.25) is 0 Å². The van der Waals surface area contributed by atoms with E-state index in [0.717, 1.165) is 18.5 Å². The summed E-state index contributed by atoms with van der Waals surface area (Å²) in [5, 5.41) is 3.42. The first-order valence-electron chi connectivity index (χ1n) is 9.42. The van der Waals surface area contributed by atoms with Crippen LogP contribution in [-0.2, 0) is 0 Å². The smallest absolute Gasteiger partial charge is 0.340 e. The van der Waals surface area contributed by atoms with Gasteiger partial charge < -0.3 is 10.2 Å². The monoisotopic (exact) mass is 421 g/mol. The Bertz CT molecular complexity index is 1010. The number of anilines is 2. The molecule has 0 aromatic heterocycles. The largest absolute Gasteiger partial charge is 0.340 e. The van der Waals surface area contributed by atoms with Crippen LogP contribution in [-0.4, -0.2) is 25.3 Å². The summed E-state index contributed by atoms with van der Waals surface area (Å²) >= 11 is 7.87. The minimum atomic E-state index is -0.361. The number of aliphatic imine (C=N–C) groups is 1. The van der Waals surface area contributed by atoms with E-state index in [0.29, 0.717) is 11.6 Å². The average Bonchev–Trinajstić information content (AvgIpc) is 2.75. The van der Waals surface area contributed by atoms with Crippen molar-refractivity contribution in [3.8, 4) is 0 Å². The van der Waals surface area contributed by atoms with Gasteiger partial charge in [0.05, 0.1) is 11.4 Å². The third-order valence-corrected chi connectivity index (χ3v) is 6.07. The zero-order chi connectivity index (χ0) is 20.1. The maximum atomic E-state index is 12.0. The number of nitrogens with one attached hydrogen (secondary N) is 1. The van der Waals surface area contributed by atoms with Gasteiger partial charge in [-0.15, -0.1) is 0 Å². The molecule has 1 aliphatic heterocycles. The van der Waals surface area contributed by atoms with Crippen molar-refractivity contribution in [1.82, 2.24) is 5.32 Å². The van der Waals surface area contributed by atoms with Gasteiger partial charge in [-0.1, -0.05) is 65.8 Å². The SMILES string of the molecule is O=C(/N=C/c1ccccc1Cl)NCCCN1c2ccccc2Sc2ccccc21. The number of rotatable bonds is 5. The van der Waals surface area contributed by atoms with Gasteiger partial charge in [0.1, 0.15) is 0 Å². The van der Waals surface area contributed by atoms with Gasteiger partial charge in [-0.2, -0.15) is 0 Å². The summed E-state index contributed by atoms with van der Waals surface area (Å²) in [4.78, 5) is 20.8. The minimum absolute atomic E-state index is 0.361. The molecule has 1 aliphatic rings. The molecular weight excluding hydrogens is 402 g/mol. The molecule has 0 saturated carbocycles. The van der Waals surface area contributed by atoms with Gasteiger partial charge in [0.2, 0.25) is 0 Å². The number of nitrogens with zero attached hydrogens (tertiary/aromatic N) is 2. The zero-order valence-corrected chi connectivity index (χ0v) is 17.3. The molecule has 0 radical (unpaired) electrons. The van der Waals surface area contributed by atoms with Crippen molar-refractivity contribution in [3.05, 3.63) is 83.4 Å². The predicted octanol–water partition coefficient (Wildman–Crippen LogP) is 6.16. The molecule has 0 spiro atoms. The molecule has 3 aromatic carbocycles. The fourth-order valence-corrected chi connectivity index (χ4v) is 4.49. The summed E-state index contributed by atoms with van der Waals surface area (Å²) in [5.41, 5.74) is 3.14. The molecule has 146 valence electrons. The topological polar surface area (TPSA) is 44.7 Å². The highest BCUT2D eigenvalue weighted by Gasteiger charge is 2.22. The lowest BCUT2D eigenvalue weighted by molar-refractivity contribution is 0.249. The van der Waals surface area contributed by atoms with Crippen LogP contribution in [0.4, 0.5) is 16.2 Å². The first kappa shape index (κ1) is 19.6. The van der Waals surface area contributed by atoms with Crippen LogP contribution in [0.25, 0.3) is 0 Å². The Labute approximate surface area is 179 Å². The summed E-state index contributed by atoms with van der Waals surface area (Å²) in [6.07, 6.45) is 2.30. The molecular formula is C23H20ClN3OS. The zero-order valence-electron chi connectivity index (χ0n) is 15.7. The first-order valence-corrected chi connectivity index (χ1v) is 10.6. The number of hydrogen-bond donors (Lipinski definition) is 1. The molecule has 6 heteroatoms. The Morgan fingerprint density at radius 1 is 0.966 bits per heavy atom. The molecule has 0 unspecified atom stereocenters. The van der Waals surface area contributed by atoms with Gasteiger partial charge in [0, 0.05) is 39.7 Å².